The molecule has 146 valence electrons. The zero-order chi connectivity index (χ0) is 19.8. The van der Waals surface area contributed by atoms with Gasteiger partial charge in [-0.15, -0.1) is 5.10 Å². The largest absolute Gasteiger partial charge is 0.351 e. The van der Waals surface area contributed by atoms with Gasteiger partial charge in [-0.3, -0.25) is 0 Å². The van der Waals surface area contributed by atoms with Crippen LogP contribution in [0.3, 0.4) is 0 Å². The second-order valence-electron chi connectivity index (χ2n) is 7.57. The quantitative estimate of drug-likeness (QED) is 0.551. The third-order valence-electron chi connectivity index (χ3n) is 5.47. The lowest BCUT2D eigenvalue weighted by Gasteiger charge is -2.26. The highest BCUT2D eigenvalue weighted by Gasteiger charge is 2.18. The fourth-order valence-corrected chi connectivity index (χ4v) is 3.48. The van der Waals surface area contributed by atoms with Crippen molar-refractivity contribution in [3.8, 4) is 11.3 Å². The lowest BCUT2D eigenvalue weighted by molar-refractivity contribution is 0.443. The molecule has 1 fully saturated rings. The number of nitrogens with zero attached hydrogens (tertiary/aromatic N) is 5. The Morgan fingerprint density at radius 2 is 2.03 bits per heavy atom. The van der Waals surface area contributed by atoms with Crippen LogP contribution in [0.5, 0.6) is 0 Å². The number of anilines is 1. The number of halogens is 1. The Balaban J connectivity index is 1.41. The molecule has 0 saturated heterocycles. The summed E-state index contributed by atoms with van der Waals surface area (Å²) in [6.07, 6.45) is 5.39. The zero-order valence-corrected chi connectivity index (χ0v) is 16.1. The Hall–Kier alpha value is -3.35. The van der Waals surface area contributed by atoms with E-state index in [0.717, 1.165) is 27.9 Å². The average molecular weight is 388 g/mol. The van der Waals surface area contributed by atoms with E-state index in [-0.39, 0.29) is 5.82 Å². The van der Waals surface area contributed by atoms with E-state index in [1.54, 1.807) is 29.9 Å². The van der Waals surface area contributed by atoms with Crippen LogP contribution in [0.25, 0.3) is 22.3 Å². The van der Waals surface area contributed by atoms with Crippen LogP contribution >= 0.6 is 0 Å². The number of fused-ring (bicyclic) bond motifs is 1. The maximum atomic E-state index is 13.8. The molecule has 0 bridgehead atoms. The van der Waals surface area contributed by atoms with Crippen LogP contribution in [-0.2, 0) is 6.54 Å². The second kappa shape index (κ2) is 7.24. The van der Waals surface area contributed by atoms with Gasteiger partial charge in [0.15, 0.2) is 0 Å². The van der Waals surface area contributed by atoms with Gasteiger partial charge in [-0.05, 0) is 61.6 Å². The van der Waals surface area contributed by atoms with Gasteiger partial charge in [0.2, 0.25) is 5.95 Å². The number of aryl methyl sites for hydroxylation is 1. The summed E-state index contributed by atoms with van der Waals surface area (Å²) in [5.74, 6) is 0.460. The third-order valence-corrected chi connectivity index (χ3v) is 5.47. The zero-order valence-electron chi connectivity index (χ0n) is 16.1. The second-order valence-corrected chi connectivity index (χ2v) is 7.57. The van der Waals surface area contributed by atoms with Crippen molar-refractivity contribution < 1.29 is 4.39 Å². The summed E-state index contributed by atoms with van der Waals surface area (Å²) in [6.45, 7) is 2.22. The van der Waals surface area contributed by atoms with E-state index >= 15 is 0 Å². The summed E-state index contributed by atoms with van der Waals surface area (Å²) in [5.41, 5.74) is 4.98. The molecule has 1 saturated carbocycles. The first-order valence-corrected chi connectivity index (χ1v) is 9.84. The summed E-state index contributed by atoms with van der Waals surface area (Å²) in [5, 5.41) is 11.9. The number of nitrogens with one attached hydrogen (secondary N) is 1. The van der Waals surface area contributed by atoms with Crippen LogP contribution < -0.4 is 5.32 Å². The Labute approximate surface area is 167 Å². The minimum atomic E-state index is -0.204. The summed E-state index contributed by atoms with van der Waals surface area (Å²) in [7, 11) is 0. The summed E-state index contributed by atoms with van der Waals surface area (Å²) in [4.78, 5) is 8.97. The van der Waals surface area contributed by atoms with E-state index in [4.69, 9.17) is 0 Å². The molecule has 7 heteroatoms. The third kappa shape index (κ3) is 3.55. The fraction of sp³-hybridized carbons (Fsp3) is 0.273. The molecule has 2 aromatic heterocycles. The van der Waals surface area contributed by atoms with Gasteiger partial charge < -0.3 is 5.32 Å². The first-order chi connectivity index (χ1) is 14.2. The molecule has 1 N–H and O–H groups in total. The standard InChI is InChI=1S/C22H21FN6/c1-14-5-6-15(11-18(14)23)13-29-21-8-7-16(12-20(21)27-28-29)19-9-10-24-22(26-19)25-17-3-2-4-17/h5-12,17H,2-4,13H2,1H3,(H,24,25,26). The topological polar surface area (TPSA) is 68.5 Å². The number of hydrogen-bond donors (Lipinski definition) is 1. The van der Waals surface area contributed by atoms with Crippen LogP contribution in [0.2, 0.25) is 0 Å². The van der Waals surface area contributed by atoms with Crippen molar-refractivity contribution in [3.05, 3.63) is 65.6 Å². The van der Waals surface area contributed by atoms with Crippen molar-refractivity contribution in [2.45, 2.75) is 38.8 Å². The highest BCUT2D eigenvalue weighted by atomic mass is 19.1. The Kier molecular flexibility index (Phi) is 4.42. The van der Waals surface area contributed by atoms with E-state index < -0.39 is 0 Å². The van der Waals surface area contributed by atoms with Crippen LogP contribution in [0.4, 0.5) is 10.3 Å². The average Bonchev–Trinajstić information content (AvgIpc) is 3.10. The van der Waals surface area contributed by atoms with Crippen molar-refractivity contribution in [2.24, 2.45) is 0 Å². The summed E-state index contributed by atoms with van der Waals surface area (Å²) in [6, 6.07) is 13.6. The van der Waals surface area contributed by atoms with E-state index in [1.807, 2.05) is 30.3 Å². The smallest absolute Gasteiger partial charge is 0.223 e. The minimum absolute atomic E-state index is 0.204. The minimum Gasteiger partial charge on any atom is -0.351 e. The van der Waals surface area contributed by atoms with E-state index in [1.165, 1.54) is 19.3 Å². The molecule has 6 nitrogen and oxygen atoms in total. The van der Waals surface area contributed by atoms with Gasteiger partial charge in [-0.25, -0.2) is 19.0 Å². The maximum Gasteiger partial charge on any atom is 0.223 e. The predicted octanol–water partition coefficient (Wildman–Crippen LogP) is 4.35. The molecule has 0 atom stereocenters. The SMILES string of the molecule is Cc1ccc(Cn2nnc3cc(-c4ccnc(NC5CCC5)n4)ccc32)cc1F. The monoisotopic (exact) mass is 388 g/mol. The van der Waals surface area contributed by atoms with E-state index in [2.05, 4.69) is 25.6 Å². The first-order valence-electron chi connectivity index (χ1n) is 9.84. The molecule has 5 rings (SSSR count). The van der Waals surface area contributed by atoms with E-state index in [0.29, 0.717) is 24.1 Å². The first kappa shape index (κ1) is 17.7. The molecule has 1 aliphatic rings. The summed E-state index contributed by atoms with van der Waals surface area (Å²) < 4.78 is 15.6. The molecular weight excluding hydrogens is 367 g/mol. The van der Waals surface area contributed by atoms with Crippen LogP contribution in [-0.4, -0.2) is 31.0 Å². The molecular formula is C22H21FN6. The van der Waals surface area contributed by atoms with Gasteiger partial charge >= 0.3 is 0 Å². The Morgan fingerprint density at radius 1 is 1.14 bits per heavy atom. The van der Waals surface area contributed by atoms with Crippen LogP contribution in [0.15, 0.2) is 48.7 Å². The van der Waals surface area contributed by atoms with Gasteiger partial charge in [0, 0.05) is 17.8 Å². The highest BCUT2D eigenvalue weighted by Crippen LogP contribution is 2.25. The van der Waals surface area contributed by atoms with Crippen molar-refractivity contribution in [1.29, 1.82) is 0 Å². The van der Waals surface area contributed by atoms with Crippen molar-refractivity contribution in [3.63, 3.8) is 0 Å². The Bertz CT molecular complexity index is 1180. The molecule has 1 aliphatic carbocycles. The number of rotatable bonds is 5. The molecule has 4 aromatic rings. The Morgan fingerprint density at radius 3 is 2.83 bits per heavy atom. The number of aromatic nitrogens is 5. The van der Waals surface area contributed by atoms with Gasteiger partial charge in [0.25, 0.3) is 0 Å². The van der Waals surface area contributed by atoms with Crippen LogP contribution in [0.1, 0.15) is 30.4 Å². The number of hydrogen-bond acceptors (Lipinski definition) is 5. The van der Waals surface area contributed by atoms with Gasteiger partial charge in [0.1, 0.15) is 11.3 Å². The van der Waals surface area contributed by atoms with Gasteiger partial charge in [-0.2, -0.15) is 0 Å². The molecule has 0 amide bonds. The fourth-order valence-electron chi connectivity index (χ4n) is 3.48. The lowest BCUT2D eigenvalue weighted by atomic mass is 9.93. The van der Waals surface area contributed by atoms with Gasteiger partial charge in [-0.1, -0.05) is 23.4 Å². The highest BCUT2D eigenvalue weighted by molar-refractivity contribution is 5.80. The molecule has 0 unspecified atom stereocenters. The van der Waals surface area contributed by atoms with Crippen molar-refractivity contribution in [2.75, 3.05) is 5.32 Å². The van der Waals surface area contributed by atoms with Crippen molar-refractivity contribution in [1.82, 2.24) is 25.0 Å². The van der Waals surface area contributed by atoms with Gasteiger partial charge in [0.05, 0.1) is 17.8 Å². The predicted molar refractivity (Wildman–Crippen MR) is 110 cm³/mol. The molecule has 0 spiro atoms. The molecule has 2 aromatic carbocycles. The molecule has 2 heterocycles. The van der Waals surface area contributed by atoms with E-state index in [9.17, 15) is 4.39 Å². The summed E-state index contributed by atoms with van der Waals surface area (Å²) >= 11 is 0. The number of benzene rings is 2. The maximum absolute atomic E-state index is 13.8. The van der Waals surface area contributed by atoms with Crippen LogP contribution in [0, 0.1) is 12.7 Å². The normalized spacial score (nSPS) is 14.1. The lowest BCUT2D eigenvalue weighted by Crippen LogP contribution is -2.27. The molecule has 0 aliphatic heterocycles. The van der Waals surface area contributed by atoms with Crippen molar-refractivity contribution >= 4 is 17.0 Å². The molecule has 29 heavy (non-hydrogen) atoms. The molecule has 0 radical (unpaired) electrons.